The zero-order valence-corrected chi connectivity index (χ0v) is 12.7. The zero-order valence-electron chi connectivity index (χ0n) is 11.2. The molecule has 0 bridgehead atoms. The van der Waals surface area contributed by atoms with Gasteiger partial charge in [-0.05, 0) is 19.1 Å². The molecule has 8 heteroatoms. The number of aliphatic carboxylic acids is 1. The Bertz CT molecular complexity index is 658. The molecular formula is C13H14Cl2N4O2. The van der Waals surface area contributed by atoms with Crippen molar-refractivity contribution in [3.05, 3.63) is 39.5 Å². The Hall–Kier alpha value is -1.76. The number of carbonyl (C=O) groups is 1. The highest BCUT2D eigenvalue weighted by molar-refractivity contribution is 6.38. The minimum absolute atomic E-state index is 0.0262. The highest BCUT2D eigenvalue weighted by atomic mass is 35.5. The van der Waals surface area contributed by atoms with E-state index in [1.54, 1.807) is 19.1 Å². The van der Waals surface area contributed by atoms with Gasteiger partial charge in [0.1, 0.15) is 11.5 Å². The van der Waals surface area contributed by atoms with Crippen molar-refractivity contribution in [1.82, 2.24) is 4.90 Å². The van der Waals surface area contributed by atoms with E-state index in [0.717, 1.165) is 0 Å². The lowest BCUT2D eigenvalue weighted by Gasteiger charge is -2.33. The molecule has 0 saturated heterocycles. The molecule has 2 rings (SSSR count). The van der Waals surface area contributed by atoms with Gasteiger partial charge in [-0.2, -0.15) is 0 Å². The second kappa shape index (κ2) is 5.93. The summed E-state index contributed by atoms with van der Waals surface area (Å²) < 4.78 is 0. The van der Waals surface area contributed by atoms with Crippen LogP contribution in [-0.2, 0) is 4.79 Å². The van der Waals surface area contributed by atoms with E-state index in [4.69, 9.17) is 34.7 Å². The van der Waals surface area contributed by atoms with Crippen molar-refractivity contribution in [2.75, 3.05) is 6.54 Å². The third kappa shape index (κ3) is 2.83. The van der Waals surface area contributed by atoms with E-state index in [1.165, 1.54) is 11.0 Å². The first-order valence-electron chi connectivity index (χ1n) is 6.15. The number of rotatable bonds is 3. The topological polar surface area (TPSA) is 105 Å². The molecule has 1 heterocycles. The second-order valence-corrected chi connectivity index (χ2v) is 5.21. The van der Waals surface area contributed by atoms with Crippen LogP contribution in [0.15, 0.2) is 28.9 Å². The molecule has 0 amide bonds. The van der Waals surface area contributed by atoms with Crippen LogP contribution in [0.2, 0.25) is 10.0 Å². The van der Waals surface area contributed by atoms with Crippen LogP contribution < -0.4 is 11.5 Å². The molecule has 1 unspecified atom stereocenters. The standard InChI is InChI=1S/C13H14Cl2N4O2/c1-2-19-10(12(20)21)9(11(16)18-13(19)17)7-4-3-6(14)5-8(7)15/h3-5,13H,2,17H2,1H3,(H2,16,18)(H,20,21). The van der Waals surface area contributed by atoms with Crippen LogP contribution in [0.5, 0.6) is 0 Å². The van der Waals surface area contributed by atoms with Crippen molar-refractivity contribution in [1.29, 1.82) is 0 Å². The summed E-state index contributed by atoms with van der Waals surface area (Å²) in [7, 11) is 0. The molecule has 1 aromatic carbocycles. The summed E-state index contributed by atoms with van der Waals surface area (Å²) in [6, 6.07) is 4.73. The number of aliphatic imine (C=N–C) groups is 1. The Morgan fingerprint density at radius 1 is 1.48 bits per heavy atom. The Balaban J connectivity index is 2.73. The number of carboxylic acids is 1. The van der Waals surface area contributed by atoms with E-state index in [2.05, 4.69) is 4.99 Å². The Kier molecular flexibility index (Phi) is 4.41. The fourth-order valence-electron chi connectivity index (χ4n) is 2.21. The quantitative estimate of drug-likeness (QED) is 0.783. The maximum absolute atomic E-state index is 11.6. The number of nitrogens with zero attached hydrogens (tertiary/aromatic N) is 2. The van der Waals surface area contributed by atoms with E-state index < -0.39 is 12.3 Å². The number of halogens is 2. The number of hydrogen-bond acceptors (Lipinski definition) is 5. The van der Waals surface area contributed by atoms with Gasteiger partial charge in [-0.1, -0.05) is 29.3 Å². The molecule has 0 saturated carbocycles. The lowest BCUT2D eigenvalue weighted by Crippen LogP contribution is -2.47. The van der Waals surface area contributed by atoms with Gasteiger partial charge in [0.15, 0.2) is 6.29 Å². The molecule has 1 aromatic rings. The number of carboxylic acid groups (broad SMARTS) is 1. The fraction of sp³-hybridized carbons (Fsp3) is 0.231. The van der Waals surface area contributed by atoms with Crippen molar-refractivity contribution >= 4 is 40.6 Å². The largest absolute Gasteiger partial charge is 0.477 e. The summed E-state index contributed by atoms with van der Waals surface area (Å²) in [4.78, 5) is 17.2. The molecule has 0 aromatic heterocycles. The third-order valence-electron chi connectivity index (χ3n) is 3.11. The Labute approximate surface area is 131 Å². The molecule has 0 fully saturated rings. The predicted molar refractivity (Wildman–Crippen MR) is 83.0 cm³/mol. The first-order valence-corrected chi connectivity index (χ1v) is 6.91. The average molecular weight is 329 g/mol. The van der Waals surface area contributed by atoms with Crippen molar-refractivity contribution in [2.45, 2.75) is 13.2 Å². The molecule has 21 heavy (non-hydrogen) atoms. The van der Waals surface area contributed by atoms with Crippen LogP contribution in [0, 0.1) is 0 Å². The fourth-order valence-corrected chi connectivity index (χ4v) is 2.71. The average Bonchev–Trinajstić information content (AvgIpc) is 2.39. The second-order valence-electron chi connectivity index (χ2n) is 4.37. The maximum atomic E-state index is 11.6. The van der Waals surface area contributed by atoms with Crippen LogP contribution >= 0.6 is 23.2 Å². The molecule has 6 nitrogen and oxygen atoms in total. The van der Waals surface area contributed by atoms with Gasteiger partial charge in [0.25, 0.3) is 0 Å². The molecule has 1 atom stereocenters. The zero-order chi connectivity index (χ0) is 15.7. The van der Waals surface area contributed by atoms with Crippen molar-refractivity contribution < 1.29 is 9.90 Å². The molecular weight excluding hydrogens is 315 g/mol. The smallest absolute Gasteiger partial charge is 0.353 e. The van der Waals surface area contributed by atoms with Crippen LogP contribution in [0.4, 0.5) is 0 Å². The number of likely N-dealkylation sites (N-methyl/N-ethyl adjacent to an activating group) is 1. The molecule has 0 spiro atoms. The van der Waals surface area contributed by atoms with Crippen molar-refractivity contribution in [3.8, 4) is 0 Å². The molecule has 1 aliphatic rings. The monoisotopic (exact) mass is 328 g/mol. The molecule has 112 valence electrons. The van der Waals surface area contributed by atoms with Gasteiger partial charge < -0.3 is 15.7 Å². The molecule has 1 aliphatic heterocycles. The summed E-state index contributed by atoms with van der Waals surface area (Å²) in [6.07, 6.45) is -0.837. The first kappa shape index (κ1) is 15.6. The van der Waals surface area contributed by atoms with Crippen LogP contribution in [0.25, 0.3) is 5.57 Å². The highest BCUT2D eigenvalue weighted by Gasteiger charge is 2.32. The minimum Gasteiger partial charge on any atom is -0.477 e. The molecule has 0 radical (unpaired) electrons. The van der Waals surface area contributed by atoms with Crippen LogP contribution in [0.3, 0.4) is 0 Å². The Morgan fingerprint density at radius 2 is 2.14 bits per heavy atom. The van der Waals surface area contributed by atoms with Gasteiger partial charge in [0, 0.05) is 17.1 Å². The van der Waals surface area contributed by atoms with Crippen LogP contribution in [0.1, 0.15) is 12.5 Å². The van der Waals surface area contributed by atoms with Gasteiger partial charge in [-0.25, -0.2) is 9.79 Å². The first-order chi connectivity index (χ1) is 9.86. The van der Waals surface area contributed by atoms with Crippen LogP contribution in [-0.4, -0.2) is 34.6 Å². The maximum Gasteiger partial charge on any atom is 0.353 e. The number of hydrogen-bond donors (Lipinski definition) is 3. The summed E-state index contributed by atoms with van der Waals surface area (Å²) in [5.41, 5.74) is 12.4. The van der Waals surface area contributed by atoms with Gasteiger partial charge in [-0.3, -0.25) is 5.73 Å². The third-order valence-corrected chi connectivity index (χ3v) is 3.66. The van der Waals surface area contributed by atoms with Crippen molar-refractivity contribution in [2.24, 2.45) is 16.5 Å². The van der Waals surface area contributed by atoms with Crippen molar-refractivity contribution in [3.63, 3.8) is 0 Å². The minimum atomic E-state index is -1.15. The highest BCUT2D eigenvalue weighted by Crippen LogP contribution is 2.32. The normalized spacial score (nSPS) is 18.8. The van der Waals surface area contributed by atoms with E-state index in [-0.39, 0.29) is 17.1 Å². The van der Waals surface area contributed by atoms with E-state index >= 15 is 0 Å². The van der Waals surface area contributed by atoms with E-state index in [9.17, 15) is 9.90 Å². The van der Waals surface area contributed by atoms with Gasteiger partial charge in [0.2, 0.25) is 0 Å². The SMILES string of the molecule is CCN1C(C(=O)O)=C(c2ccc(Cl)cc2Cl)C(N)=NC1N. The molecule has 5 N–H and O–H groups in total. The van der Waals surface area contributed by atoms with Gasteiger partial charge >= 0.3 is 5.97 Å². The van der Waals surface area contributed by atoms with E-state index in [0.29, 0.717) is 22.2 Å². The lowest BCUT2D eigenvalue weighted by atomic mass is 10.00. The lowest BCUT2D eigenvalue weighted by molar-refractivity contribution is -0.134. The van der Waals surface area contributed by atoms with Gasteiger partial charge in [-0.15, -0.1) is 0 Å². The number of benzene rings is 1. The summed E-state index contributed by atoms with van der Waals surface area (Å²) >= 11 is 12.0. The number of nitrogens with two attached hydrogens (primary N) is 2. The summed E-state index contributed by atoms with van der Waals surface area (Å²) in [5.74, 6) is -1.11. The van der Waals surface area contributed by atoms with E-state index in [1.807, 2.05) is 0 Å². The number of amidine groups is 1. The van der Waals surface area contributed by atoms with Gasteiger partial charge in [0.05, 0.1) is 10.6 Å². The Morgan fingerprint density at radius 3 is 2.67 bits per heavy atom. The molecule has 0 aliphatic carbocycles. The predicted octanol–water partition coefficient (Wildman–Crippen LogP) is 1.72. The summed E-state index contributed by atoms with van der Waals surface area (Å²) in [6.45, 7) is 2.15. The summed E-state index contributed by atoms with van der Waals surface area (Å²) in [5, 5.41) is 10.3.